The average Bonchev–Trinajstić information content (AvgIpc) is 2.21. The first-order valence-electron chi connectivity index (χ1n) is 4.18. The molecule has 6 heteroatoms. The SMILES string of the molecule is ClCCOCCNc1ncc(I)cn1. The van der Waals surface area contributed by atoms with Crippen LogP contribution in [0.1, 0.15) is 0 Å². The first-order valence-corrected chi connectivity index (χ1v) is 5.79. The van der Waals surface area contributed by atoms with Gasteiger partial charge in [-0.2, -0.15) is 0 Å². The van der Waals surface area contributed by atoms with Gasteiger partial charge in [0.25, 0.3) is 0 Å². The Morgan fingerprint density at radius 2 is 2.07 bits per heavy atom. The van der Waals surface area contributed by atoms with Gasteiger partial charge < -0.3 is 10.1 Å². The van der Waals surface area contributed by atoms with E-state index < -0.39 is 0 Å². The molecule has 78 valence electrons. The van der Waals surface area contributed by atoms with Gasteiger partial charge in [-0.15, -0.1) is 11.6 Å². The zero-order valence-electron chi connectivity index (χ0n) is 7.54. The fourth-order valence-electron chi connectivity index (χ4n) is 0.795. The van der Waals surface area contributed by atoms with Gasteiger partial charge in [-0.3, -0.25) is 0 Å². The monoisotopic (exact) mass is 327 g/mol. The summed E-state index contributed by atoms with van der Waals surface area (Å²) in [5.41, 5.74) is 0. The Bertz CT molecular complexity index is 257. The molecule has 0 bridgehead atoms. The van der Waals surface area contributed by atoms with E-state index in [0.717, 1.165) is 3.57 Å². The van der Waals surface area contributed by atoms with Crippen molar-refractivity contribution in [2.24, 2.45) is 0 Å². The predicted octanol–water partition coefficient (Wildman–Crippen LogP) is 1.75. The highest BCUT2D eigenvalue weighted by atomic mass is 127. The highest BCUT2D eigenvalue weighted by Crippen LogP contribution is 2.01. The van der Waals surface area contributed by atoms with Crippen LogP contribution in [0, 0.1) is 3.57 Å². The minimum absolute atomic E-state index is 0.528. The Morgan fingerprint density at radius 1 is 1.36 bits per heavy atom. The molecule has 0 atom stereocenters. The number of hydrogen-bond acceptors (Lipinski definition) is 4. The van der Waals surface area contributed by atoms with Gasteiger partial charge in [0.05, 0.1) is 13.2 Å². The van der Waals surface area contributed by atoms with Crippen LogP contribution in [0.15, 0.2) is 12.4 Å². The van der Waals surface area contributed by atoms with E-state index in [9.17, 15) is 0 Å². The maximum Gasteiger partial charge on any atom is 0.222 e. The number of ether oxygens (including phenoxy) is 1. The van der Waals surface area contributed by atoms with E-state index in [1.54, 1.807) is 12.4 Å². The molecular weight excluding hydrogens is 316 g/mol. The van der Waals surface area contributed by atoms with Gasteiger partial charge >= 0.3 is 0 Å². The van der Waals surface area contributed by atoms with Crippen molar-refractivity contribution in [2.75, 3.05) is 31.0 Å². The van der Waals surface area contributed by atoms with Crippen molar-refractivity contribution in [1.29, 1.82) is 0 Å². The lowest BCUT2D eigenvalue weighted by molar-refractivity contribution is 0.160. The molecule has 0 aliphatic carbocycles. The Kier molecular flexibility index (Phi) is 6.13. The molecule has 0 amide bonds. The number of aromatic nitrogens is 2. The summed E-state index contributed by atoms with van der Waals surface area (Å²) in [6, 6.07) is 0. The summed E-state index contributed by atoms with van der Waals surface area (Å²) in [7, 11) is 0. The van der Waals surface area contributed by atoms with Gasteiger partial charge in [-0.1, -0.05) is 0 Å². The third-order valence-corrected chi connectivity index (χ3v) is 2.08. The molecule has 0 aliphatic rings. The van der Waals surface area contributed by atoms with Crippen LogP contribution in [0.4, 0.5) is 5.95 Å². The highest BCUT2D eigenvalue weighted by Gasteiger charge is 1.94. The molecule has 0 saturated heterocycles. The zero-order valence-corrected chi connectivity index (χ0v) is 10.5. The van der Waals surface area contributed by atoms with Crippen molar-refractivity contribution in [2.45, 2.75) is 0 Å². The fourth-order valence-corrected chi connectivity index (χ4v) is 1.18. The van der Waals surface area contributed by atoms with E-state index in [0.29, 0.717) is 31.6 Å². The molecule has 0 aromatic carbocycles. The molecule has 0 aliphatic heterocycles. The lowest BCUT2D eigenvalue weighted by Gasteiger charge is -2.04. The molecule has 0 saturated carbocycles. The van der Waals surface area contributed by atoms with Crippen LogP contribution in [0.5, 0.6) is 0 Å². The Labute approximate surface area is 102 Å². The lowest BCUT2D eigenvalue weighted by atomic mass is 10.6. The predicted molar refractivity (Wildman–Crippen MR) is 64.8 cm³/mol. The number of alkyl halides is 1. The molecule has 14 heavy (non-hydrogen) atoms. The number of nitrogens with zero attached hydrogens (tertiary/aromatic N) is 2. The Balaban J connectivity index is 2.15. The van der Waals surface area contributed by atoms with Crippen LogP contribution in [0.3, 0.4) is 0 Å². The van der Waals surface area contributed by atoms with Crippen LogP contribution in [-0.2, 0) is 4.74 Å². The Morgan fingerprint density at radius 3 is 2.71 bits per heavy atom. The summed E-state index contributed by atoms with van der Waals surface area (Å²) in [5.74, 6) is 1.15. The molecule has 0 unspecified atom stereocenters. The van der Waals surface area contributed by atoms with Gasteiger partial charge in [0.15, 0.2) is 0 Å². The minimum atomic E-state index is 0.528. The second-order valence-electron chi connectivity index (χ2n) is 2.45. The molecular formula is C8H11ClIN3O. The van der Waals surface area contributed by atoms with Crippen LogP contribution < -0.4 is 5.32 Å². The van der Waals surface area contributed by atoms with E-state index >= 15 is 0 Å². The topological polar surface area (TPSA) is 47.0 Å². The van der Waals surface area contributed by atoms with Crippen molar-refractivity contribution in [3.63, 3.8) is 0 Å². The summed E-state index contributed by atoms with van der Waals surface area (Å²) in [4.78, 5) is 8.17. The normalized spacial score (nSPS) is 10.1. The smallest absolute Gasteiger partial charge is 0.222 e. The molecule has 1 aromatic rings. The molecule has 1 N–H and O–H groups in total. The average molecular weight is 328 g/mol. The first-order chi connectivity index (χ1) is 6.83. The van der Waals surface area contributed by atoms with Crippen molar-refractivity contribution < 1.29 is 4.74 Å². The van der Waals surface area contributed by atoms with Crippen molar-refractivity contribution in [1.82, 2.24) is 9.97 Å². The quantitative estimate of drug-likeness (QED) is 0.491. The Hall–Kier alpha value is -0.140. The molecule has 4 nitrogen and oxygen atoms in total. The summed E-state index contributed by atoms with van der Waals surface area (Å²) < 4.78 is 6.20. The highest BCUT2D eigenvalue weighted by molar-refractivity contribution is 14.1. The number of nitrogens with one attached hydrogen (secondary N) is 1. The largest absolute Gasteiger partial charge is 0.378 e. The molecule has 1 aromatic heterocycles. The third-order valence-electron chi connectivity index (χ3n) is 1.37. The van der Waals surface area contributed by atoms with Crippen LogP contribution in [-0.4, -0.2) is 35.6 Å². The maximum absolute atomic E-state index is 5.44. The second kappa shape index (κ2) is 7.19. The number of anilines is 1. The third kappa shape index (κ3) is 4.92. The summed E-state index contributed by atoms with van der Waals surface area (Å²) in [6.07, 6.45) is 3.52. The number of halogens is 2. The maximum atomic E-state index is 5.44. The zero-order chi connectivity index (χ0) is 10.2. The lowest BCUT2D eigenvalue weighted by Crippen LogP contribution is -2.12. The van der Waals surface area contributed by atoms with Gasteiger partial charge in [-0.05, 0) is 22.6 Å². The minimum Gasteiger partial charge on any atom is -0.378 e. The van der Waals surface area contributed by atoms with Crippen molar-refractivity contribution in [3.05, 3.63) is 16.0 Å². The van der Waals surface area contributed by atoms with E-state index in [4.69, 9.17) is 16.3 Å². The van der Waals surface area contributed by atoms with E-state index in [-0.39, 0.29) is 0 Å². The fraction of sp³-hybridized carbons (Fsp3) is 0.500. The molecule has 0 radical (unpaired) electrons. The molecule has 1 heterocycles. The summed E-state index contributed by atoms with van der Waals surface area (Å²) >= 11 is 7.60. The van der Waals surface area contributed by atoms with Crippen molar-refractivity contribution >= 4 is 40.1 Å². The number of rotatable bonds is 6. The van der Waals surface area contributed by atoms with Crippen LogP contribution in [0.25, 0.3) is 0 Å². The van der Waals surface area contributed by atoms with Gasteiger partial charge in [0.2, 0.25) is 5.95 Å². The number of hydrogen-bond donors (Lipinski definition) is 1. The standard InChI is InChI=1S/C8H11ClIN3O/c9-1-3-14-4-2-11-8-12-5-7(10)6-13-8/h5-6H,1-4H2,(H,11,12,13). The van der Waals surface area contributed by atoms with E-state index in [2.05, 4.69) is 37.9 Å². The van der Waals surface area contributed by atoms with Crippen LogP contribution in [0.2, 0.25) is 0 Å². The van der Waals surface area contributed by atoms with Gasteiger partial charge in [-0.25, -0.2) is 9.97 Å². The summed E-state index contributed by atoms with van der Waals surface area (Å²) in [6.45, 7) is 1.89. The van der Waals surface area contributed by atoms with E-state index in [1.165, 1.54) is 0 Å². The molecule has 0 spiro atoms. The van der Waals surface area contributed by atoms with Crippen molar-refractivity contribution in [3.8, 4) is 0 Å². The van der Waals surface area contributed by atoms with Crippen LogP contribution >= 0.6 is 34.2 Å². The van der Waals surface area contributed by atoms with E-state index in [1.807, 2.05) is 0 Å². The molecule has 0 fully saturated rings. The van der Waals surface area contributed by atoms with Gasteiger partial charge in [0.1, 0.15) is 0 Å². The summed E-state index contributed by atoms with van der Waals surface area (Å²) in [5, 5.41) is 3.04. The first kappa shape index (κ1) is 11.9. The van der Waals surface area contributed by atoms with Gasteiger partial charge in [0, 0.05) is 28.4 Å². The molecule has 1 rings (SSSR count). The second-order valence-corrected chi connectivity index (χ2v) is 4.08.